The van der Waals surface area contributed by atoms with Gasteiger partial charge in [0.1, 0.15) is 0 Å². The number of halogens is 1. The van der Waals surface area contributed by atoms with E-state index in [0.717, 1.165) is 11.0 Å². The Hall–Kier alpha value is 0.130. The smallest absolute Gasteiger partial charge is 0.158 e. The summed E-state index contributed by atoms with van der Waals surface area (Å²) in [7, 11) is 0. The molecule has 1 heterocycles. The second kappa shape index (κ2) is 6.62. The zero-order valence-electron chi connectivity index (χ0n) is 6.50. The van der Waals surface area contributed by atoms with E-state index in [1.54, 1.807) is 17.4 Å². The van der Waals surface area contributed by atoms with Gasteiger partial charge in [-0.1, -0.05) is 28.7 Å². The van der Waals surface area contributed by atoms with Gasteiger partial charge in [0.25, 0.3) is 0 Å². The molecule has 1 nitrogen and oxygen atoms in total. The third-order valence-electron chi connectivity index (χ3n) is 1.12. The Balaban J connectivity index is 2.14. The molecule has 0 fully saturated rings. The molecule has 12 heavy (non-hydrogen) atoms. The van der Waals surface area contributed by atoms with Gasteiger partial charge in [0.2, 0.25) is 0 Å². The van der Waals surface area contributed by atoms with Crippen LogP contribution < -0.4 is 0 Å². The van der Waals surface area contributed by atoms with Crippen molar-refractivity contribution in [3.05, 3.63) is 35.1 Å². The highest BCUT2D eigenvalue weighted by molar-refractivity contribution is 14.1. The molecular weight excluding hydrogens is 283 g/mol. The van der Waals surface area contributed by atoms with Crippen molar-refractivity contribution >= 4 is 40.0 Å². The SMILES string of the molecule is ICCO[C]/C=C/c1cccs1. The Morgan fingerprint density at radius 1 is 1.67 bits per heavy atom. The lowest BCUT2D eigenvalue weighted by molar-refractivity contribution is 0.238. The fourth-order valence-corrected chi connectivity index (χ4v) is 1.49. The summed E-state index contributed by atoms with van der Waals surface area (Å²) in [5, 5.41) is 2.05. The van der Waals surface area contributed by atoms with Crippen LogP contribution >= 0.6 is 33.9 Å². The van der Waals surface area contributed by atoms with E-state index in [1.807, 2.05) is 17.5 Å². The average molecular weight is 292 g/mol. The van der Waals surface area contributed by atoms with E-state index in [0.29, 0.717) is 0 Å². The zero-order valence-corrected chi connectivity index (χ0v) is 9.47. The van der Waals surface area contributed by atoms with Crippen LogP contribution in [-0.4, -0.2) is 11.0 Å². The lowest BCUT2D eigenvalue weighted by Crippen LogP contribution is -1.88. The van der Waals surface area contributed by atoms with E-state index in [1.165, 1.54) is 4.88 Å². The van der Waals surface area contributed by atoms with E-state index in [2.05, 4.69) is 35.3 Å². The molecule has 1 rings (SSSR count). The highest BCUT2D eigenvalue weighted by Crippen LogP contribution is 2.10. The Labute approximate surface area is 90.6 Å². The first kappa shape index (κ1) is 10.2. The maximum Gasteiger partial charge on any atom is 0.158 e. The van der Waals surface area contributed by atoms with Gasteiger partial charge in [-0.2, -0.15) is 0 Å². The molecule has 0 atom stereocenters. The van der Waals surface area contributed by atoms with Crippen molar-refractivity contribution in [2.24, 2.45) is 0 Å². The van der Waals surface area contributed by atoms with Crippen LogP contribution in [-0.2, 0) is 4.74 Å². The summed E-state index contributed by atoms with van der Waals surface area (Å²) in [6, 6.07) is 4.08. The number of hydrogen-bond acceptors (Lipinski definition) is 2. The summed E-state index contributed by atoms with van der Waals surface area (Å²) in [5.74, 6) is 0. The molecule has 0 saturated carbocycles. The predicted molar refractivity (Wildman–Crippen MR) is 61.4 cm³/mol. The summed E-state index contributed by atoms with van der Waals surface area (Å²) in [4.78, 5) is 1.22. The molecule has 0 aliphatic heterocycles. The van der Waals surface area contributed by atoms with Crippen LogP contribution in [0.2, 0.25) is 0 Å². The quantitative estimate of drug-likeness (QED) is 0.460. The van der Waals surface area contributed by atoms with E-state index < -0.39 is 0 Å². The van der Waals surface area contributed by atoms with Crippen molar-refractivity contribution in [1.29, 1.82) is 0 Å². The fraction of sp³-hybridized carbons (Fsp3) is 0.222. The third-order valence-corrected chi connectivity index (χ3v) is 2.40. The van der Waals surface area contributed by atoms with Crippen LogP contribution in [0.1, 0.15) is 4.88 Å². The molecule has 0 aliphatic rings. The largest absolute Gasteiger partial charge is 0.363 e. The number of alkyl halides is 1. The van der Waals surface area contributed by atoms with Crippen molar-refractivity contribution in [1.82, 2.24) is 0 Å². The Kier molecular flexibility index (Phi) is 5.64. The van der Waals surface area contributed by atoms with Crippen molar-refractivity contribution in [3.8, 4) is 0 Å². The molecule has 0 aromatic carbocycles. The number of ether oxygens (including phenoxy) is 1. The van der Waals surface area contributed by atoms with Crippen LogP contribution in [0.4, 0.5) is 0 Å². The molecule has 0 aliphatic carbocycles. The van der Waals surface area contributed by atoms with Crippen molar-refractivity contribution in [3.63, 3.8) is 0 Å². The predicted octanol–water partition coefficient (Wildman–Crippen LogP) is 3.25. The Morgan fingerprint density at radius 2 is 2.58 bits per heavy atom. The molecule has 0 saturated heterocycles. The highest BCUT2D eigenvalue weighted by atomic mass is 127. The molecule has 3 heteroatoms. The molecule has 0 amide bonds. The molecule has 1 aromatic heterocycles. The van der Waals surface area contributed by atoms with Gasteiger partial charge in [-0.05, 0) is 23.6 Å². The van der Waals surface area contributed by atoms with Gasteiger partial charge in [0.05, 0.1) is 6.61 Å². The van der Waals surface area contributed by atoms with Crippen LogP contribution in [0, 0.1) is 6.61 Å². The van der Waals surface area contributed by atoms with Gasteiger partial charge in [-0.3, -0.25) is 0 Å². The Morgan fingerprint density at radius 3 is 3.25 bits per heavy atom. The maximum atomic E-state index is 5.04. The van der Waals surface area contributed by atoms with E-state index in [4.69, 9.17) is 4.74 Å². The summed E-state index contributed by atoms with van der Waals surface area (Å²) in [6.07, 6.45) is 3.79. The summed E-state index contributed by atoms with van der Waals surface area (Å²) >= 11 is 3.97. The molecule has 0 unspecified atom stereocenters. The molecule has 0 N–H and O–H groups in total. The maximum absolute atomic E-state index is 5.04. The molecule has 1 aromatic rings. The second-order valence-electron chi connectivity index (χ2n) is 2.00. The van der Waals surface area contributed by atoms with Gasteiger partial charge < -0.3 is 4.74 Å². The monoisotopic (exact) mass is 292 g/mol. The van der Waals surface area contributed by atoms with E-state index in [-0.39, 0.29) is 0 Å². The first-order chi connectivity index (χ1) is 5.93. The normalized spacial score (nSPS) is 11.1. The Bertz CT molecular complexity index is 218. The van der Waals surface area contributed by atoms with E-state index >= 15 is 0 Å². The summed E-state index contributed by atoms with van der Waals surface area (Å²) in [5.41, 5.74) is 0. The van der Waals surface area contributed by atoms with Crippen molar-refractivity contribution < 1.29 is 4.74 Å². The molecule has 0 bridgehead atoms. The minimum absolute atomic E-state index is 0.731. The highest BCUT2D eigenvalue weighted by Gasteiger charge is 1.86. The molecule has 0 spiro atoms. The molecule has 2 radical (unpaired) electrons. The van der Waals surface area contributed by atoms with Gasteiger partial charge in [0, 0.05) is 9.30 Å². The number of rotatable bonds is 5. The zero-order chi connectivity index (χ0) is 8.65. The van der Waals surface area contributed by atoms with Crippen molar-refractivity contribution in [2.45, 2.75) is 0 Å². The van der Waals surface area contributed by atoms with E-state index in [9.17, 15) is 0 Å². The number of hydrogen-bond donors (Lipinski definition) is 0. The second-order valence-corrected chi connectivity index (χ2v) is 4.06. The first-order valence-electron chi connectivity index (χ1n) is 3.57. The standard InChI is InChI=1S/C9H9IOS/c10-5-7-11-6-1-3-9-4-2-8-12-9/h1-4,8H,5,7H2/b3-1+. The molecular formula is C9H9IOS. The summed E-state index contributed by atoms with van der Waals surface area (Å²) < 4.78 is 6.04. The third kappa shape index (κ3) is 4.23. The van der Waals surface area contributed by atoms with Gasteiger partial charge >= 0.3 is 0 Å². The van der Waals surface area contributed by atoms with Crippen molar-refractivity contribution in [2.75, 3.05) is 11.0 Å². The van der Waals surface area contributed by atoms with Gasteiger partial charge in [0.15, 0.2) is 6.61 Å². The van der Waals surface area contributed by atoms with Crippen LogP contribution in [0.25, 0.3) is 6.08 Å². The topological polar surface area (TPSA) is 9.23 Å². The molecule has 64 valence electrons. The first-order valence-corrected chi connectivity index (χ1v) is 5.97. The fourth-order valence-electron chi connectivity index (χ4n) is 0.648. The lowest BCUT2D eigenvalue weighted by atomic mass is 10.4. The van der Waals surface area contributed by atoms with Gasteiger partial charge in [-0.15, -0.1) is 11.3 Å². The lowest BCUT2D eigenvalue weighted by Gasteiger charge is -1.91. The average Bonchev–Trinajstić information content (AvgIpc) is 2.57. The van der Waals surface area contributed by atoms with Crippen LogP contribution in [0.15, 0.2) is 23.6 Å². The van der Waals surface area contributed by atoms with Crippen LogP contribution in [0.3, 0.4) is 0 Å². The van der Waals surface area contributed by atoms with Gasteiger partial charge in [-0.25, -0.2) is 0 Å². The minimum Gasteiger partial charge on any atom is -0.363 e. The number of thiophene rings is 1. The minimum atomic E-state index is 0.731. The summed E-state index contributed by atoms with van der Waals surface area (Å²) in [6.45, 7) is 3.48. The van der Waals surface area contributed by atoms with Crippen LogP contribution in [0.5, 0.6) is 0 Å².